The van der Waals surface area contributed by atoms with Gasteiger partial charge in [-0.05, 0) is 13.3 Å². The summed E-state index contributed by atoms with van der Waals surface area (Å²) in [4.78, 5) is 41.3. The Bertz CT molecular complexity index is 1070. The minimum Gasteiger partial charge on any atom is -0.360 e. The molecule has 25 heavy (non-hydrogen) atoms. The van der Waals surface area contributed by atoms with Crippen molar-refractivity contribution in [3.63, 3.8) is 0 Å². The molecule has 132 valence electrons. The Balaban J connectivity index is 2.09. The molecule has 0 saturated heterocycles. The summed E-state index contributed by atoms with van der Waals surface area (Å²) in [5.41, 5.74) is -0.544. The quantitative estimate of drug-likeness (QED) is 0.727. The number of amides is 1. The molecule has 0 aliphatic carbocycles. The number of fused-ring (bicyclic) bond motifs is 1. The van der Waals surface area contributed by atoms with Crippen LogP contribution in [-0.4, -0.2) is 29.7 Å². The SMILES string of the molecule is CC[C@@H](C(=O)Nc1cc(C)on1)n1cnc2c1c(=O)n(C)c(=O)n2C. The summed E-state index contributed by atoms with van der Waals surface area (Å²) < 4.78 is 8.68. The lowest BCUT2D eigenvalue weighted by molar-refractivity contribution is -0.119. The highest BCUT2D eigenvalue weighted by Crippen LogP contribution is 2.19. The summed E-state index contributed by atoms with van der Waals surface area (Å²) in [7, 11) is 2.92. The zero-order chi connectivity index (χ0) is 18.3. The van der Waals surface area contributed by atoms with E-state index in [0.717, 1.165) is 4.57 Å². The minimum atomic E-state index is -0.688. The fourth-order valence-electron chi connectivity index (χ4n) is 2.74. The Morgan fingerprint density at radius 3 is 2.64 bits per heavy atom. The van der Waals surface area contributed by atoms with Crippen molar-refractivity contribution >= 4 is 22.9 Å². The molecule has 0 saturated carbocycles. The number of carbonyl (C=O) groups is 1. The summed E-state index contributed by atoms with van der Waals surface area (Å²) in [6.07, 6.45) is 1.81. The second-order valence-electron chi connectivity index (χ2n) is 5.77. The number of hydrogen-bond donors (Lipinski definition) is 1. The molecule has 1 atom stereocenters. The maximum Gasteiger partial charge on any atom is 0.332 e. The molecule has 0 aliphatic heterocycles. The third-order valence-electron chi connectivity index (χ3n) is 4.08. The minimum absolute atomic E-state index is 0.197. The summed E-state index contributed by atoms with van der Waals surface area (Å²) in [6, 6.07) is 0.909. The first-order valence-electron chi connectivity index (χ1n) is 7.71. The van der Waals surface area contributed by atoms with Crippen molar-refractivity contribution in [2.45, 2.75) is 26.3 Å². The van der Waals surface area contributed by atoms with Crippen molar-refractivity contribution < 1.29 is 9.32 Å². The zero-order valence-electron chi connectivity index (χ0n) is 14.3. The number of hydrogen-bond acceptors (Lipinski definition) is 6. The van der Waals surface area contributed by atoms with E-state index in [0.29, 0.717) is 18.0 Å². The Kier molecular flexibility index (Phi) is 4.03. The second kappa shape index (κ2) is 6.04. The number of nitrogens with zero attached hydrogens (tertiary/aromatic N) is 5. The van der Waals surface area contributed by atoms with Gasteiger partial charge in [0.2, 0.25) is 5.91 Å². The van der Waals surface area contributed by atoms with Crippen LogP contribution in [0.2, 0.25) is 0 Å². The van der Waals surface area contributed by atoms with Crippen LogP contribution < -0.4 is 16.6 Å². The first-order valence-corrected chi connectivity index (χ1v) is 7.71. The molecule has 3 rings (SSSR count). The van der Waals surface area contributed by atoms with Crippen molar-refractivity contribution in [2.24, 2.45) is 14.1 Å². The second-order valence-corrected chi connectivity index (χ2v) is 5.77. The normalized spacial score (nSPS) is 12.5. The van der Waals surface area contributed by atoms with E-state index in [4.69, 9.17) is 4.52 Å². The topological polar surface area (TPSA) is 117 Å². The fourth-order valence-corrected chi connectivity index (χ4v) is 2.74. The maximum absolute atomic E-state index is 12.6. The van der Waals surface area contributed by atoms with Gasteiger partial charge < -0.3 is 14.4 Å². The predicted molar refractivity (Wildman–Crippen MR) is 89.4 cm³/mol. The predicted octanol–water partition coefficient (Wildman–Crippen LogP) is 0.320. The highest BCUT2D eigenvalue weighted by atomic mass is 16.5. The standard InChI is InChI=1S/C15H18N6O4/c1-5-9(13(22)17-10-6-8(2)25-18-10)21-7-16-12-11(21)14(23)20(4)15(24)19(12)3/h6-7,9H,5H2,1-4H3,(H,17,18,22)/t9-/m0/s1. The van der Waals surface area contributed by atoms with Gasteiger partial charge in [-0.15, -0.1) is 0 Å². The van der Waals surface area contributed by atoms with E-state index in [9.17, 15) is 14.4 Å². The molecular weight excluding hydrogens is 328 g/mol. The third-order valence-corrected chi connectivity index (χ3v) is 4.08. The van der Waals surface area contributed by atoms with Crippen molar-refractivity contribution in [2.75, 3.05) is 5.32 Å². The van der Waals surface area contributed by atoms with E-state index < -0.39 is 17.3 Å². The van der Waals surface area contributed by atoms with Crippen LogP contribution in [0.15, 0.2) is 26.5 Å². The van der Waals surface area contributed by atoms with Gasteiger partial charge in [-0.2, -0.15) is 0 Å². The maximum atomic E-state index is 12.6. The van der Waals surface area contributed by atoms with Gasteiger partial charge in [-0.25, -0.2) is 9.78 Å². The molecule has 0 radical (unpaired) electrons. The van der Waals surface area contributed by atoms with Crippen molar-refractivity contribution in [1.82, 2.24) is 23.8 Å². The summed E-state index contributed by atoms with van der Waals surface area (Å²) >= 11 is 0. The smallest absolute Gasteiger partial charge is 0.332 e. The van der Waals surface area contributed by atoms with Crippen LogP contribution in [0.25, 0.3) is 11.2 Å². The third kappa shape index (κ3) is 2.65. The van der Waals surface area contributed by atoms with Crippen LogP contribution in [0.4, 0.5) is 5.82 Å². The molecule has 3 aromatic rings. The molecule has 10 nitrogen and oxygen atoms in total. The van der Waals surface area contributed by atoms with Gasteiger partial charge in [0.05, 0.1) is 6.33 Å². The molecule has 0 unspecified atom stereocenters. The molecule has 0 fully saturated rings. The van der Waals surface area contributed by atoms with Gasteiger partial charge >= 0.3 is 5.69 Å². The molecular formula is C15H18N6O4. The highest BCUT2D eigenvalue weighted by Gasteiger charge is 2.24. The van der Waals surface area contributed by atoms with E-state index in [1.54, 1.807) is 13.0 Å². The van der Waals surface area contributed by atoms with Crippen LogP contribution in [0.5, 0.6) is 0 Å². The molecule has 1 N–H and O–H groups in total. The van der Waals surface area contributed by atoms with Crippen LogP contribution in [-0.2, 0) is 18.9 Å². The van der Waals surface area contributed by atoms with E-state index in [1.807, 2.05) is 6.92 Å². The van der Waals surface area contributed by atoms with Crippen LogP contribution in [0.3, 0.4) is 0 Å². The lowest BCUT2D eigenvalue weighted by atomic mass is 10.2. The van der Waals surface area contributed by atoms with E-state index >= 15 is 0 Å². The molecule has 0 aliphatic rings. The fraction of sp³-hybridized carbons (Fsp3) is 0.400. The van der Waals surface area contributed by atoms with Crippen molar-refractivity contribution in [3.8, 4) is 0 Å². The molecule has 1 amide bonds. The van der Waals surface area contributed by atoms with Crippen LogP contribution in [0, 0.1) is 6.92 Å². The van der Waals surface area contributed by atoms with Crippen molar-refractivity contribution in [3.05, 3.63) is 39.0 Å². The largest absolute Gasteiger partial charge is 0.360 e. The molecule has 0 bridgehead atoms. The van der Waals surface area contributed by atoms with E-state index in [1.165, 1.54) is 29.6 Å². The van der Waals surface area contributed by atoms with Gasteiger partial charge in [-0.3, -0.25) is 18.7 Å². The first-order chi connectivity index (χ1) is 11.8. The zero-order valence-corrected chi connectivity index (χ0v) is 14.3. The Labute approximate surface area is 141 Å². The van der Waals surface area contributed by atoms with Crippen molar-refractivity contribution in [1.29, 1.82) is 0 Å². The lowest BCUT2D eigenvalue weighted by Crippen LogP contribution is -2.38. The number of nitrogens with one attached hydrogen (secondary N) is 1. The summed E-state index contributed by atoms with van der Waals surface area (Å²) in [5, 5.41) is 6.39. The number of aryl methyl sites for hydroxylation is 2. The molecule has 3 heterocycles. The average Bonchev–Trinajstić information content (AvgIpc) is 3.18. The Hall–Kier alpha value is -3.17. The van der Waals surface area contributed by atoms with Crippen LogP contribution >= 0.6 is 0 Å². The number of imidazole rings is 1. The Morgan fingerprint density at radius 1 is 1.32 bits per heavy atom. The van der Waals surface area contributed by atoms with Gasteiger partial charge in [0, 0.05) is 20.2 Å². The van der Waals surface area contributed by atoms with E-state index in [2.05, 4.69) is 15.5 Å². The van der Waals surface area contributed by atoms with Gasteiger partial charge in [-0.1, -0.05) is 12.1 Å². The highest BCUT2D eigenvalue weighted by molar-refractivity contribution is 5.93. The molecule has 0 spiro atoms. The Morgan fingerprint density at radius 2 is 2.04 bits per heavy atom. The van der Waals surface area contributed by atoms with Gasteiger partial charge in [0.1, 0.15) is 11.8 Å². The number of anilines is 1. The molecule has 0 aromatic carbocycles. The first kappa shape index (κ1) is 16.7. The summed E-state index contributed by atoms with van der Waals surface area (Å²) in [6.45, 7) is 3.53. The number of aromatic nitrogens is 5. The molecule has 3 aromatic heterocycles. The average molecular weight is 346 g/mol. The number of carbonyl (C=O) groups excluding carboxylic acids is 1. The lowest BCUT2D eigenvalue weighted by Gasteiger charge is -2.16. The monoisotopic (exact) mass is 346 g/mol. The molecule has 10 heteroatoms. The number of rotatable bonds is 4. The van der Waals surface area contributed by atoms with Crippen LogP contribution in [0.1, 0.15) is 25.1 Å². The van der Waals surface area contributed by atoms with Gasteiger partial charge in [0.15, 0.2) is 17.0 Å². The van der Waals surface area contributed by atoms with E-state index in [-0.39, 0.29) is 17.1 Å². The van der Waals surface area contributed by atoms with Gasteiger partial charge in [0.25, 0.3) is 5.56 Å². The summed E-state index contributed by atoms with van der Waals surface area (Å²) in [5.74, 6) is 0.511.